The SMILES string of the molecule is [2H]C([2H])(O)C(=O)[C@@]1(O)CCC2C3C[C@H](C)C4=CC(=O)C=CC4(C)C3[C@@H](O)CC21C. The quantitative estimate of drug-likeness (QED) is 0.683. The minimum absolute atomic E-state index is 0.0186. The lowest BCUT2D eigenvalue weighted by Crippen LogP contribution is -2.62. The first kappa shape index (κ1) is 16.6. The monoisotopic (exact) mass is 376 g/mol. The summed E-state index contributed by atoms with van der Waals surface area (Å²) in [5.74, 6) is -1.33. The van der Waals surface area contributed by atoms with Gasteiger partial charge in [0, 0.05) is 16.7 Å². The highest BCUT2D eigenvalue weighted by Crippen LogP contribution is 2.67. The Morgan fingerprint density at radius 3 is 2.78 bits per heavy atom. The van der Waals surface area contributed by atoms with E-state index in [1.54, 1.807) is 19.1 Å². The van der Waals surface area contributed by atoms with Gasteiger partial charge in [0.2, 0.25) is 0 Å². The molecule has 0 aromatic rings. The second kappa shape index (κ2) is 5.85. The van der Waals surface area contributed by atoms with Crippen LogP contribution in [0.3, 0.4) is 0 Å². The third-order valence-electron chi connectivity index (χ3n) is 8.45. The molecule has 0 bridgehead atoms. The van der Waals surface area contributed by atoms with Crippen LogP contribution in [0.4, 0.5) is 0 Å². The smallest absolute Gasteiger partial charge is 0.190 e. The molecule has 0 spiro atoms. The maximum absolute atomic E-state index is 12.7. The van der Waals surface area contributed by atoms with Crippen LogP contribution in [0.25, 0.3) is 0 Å². The number of carbonyl (C=O) groups excluding carboxylic acids is 2. The van der Waals surface area contributed by atoms with E-state index >= 15 is 0 Å². The fraction of sp³-hybridized carbons (Fsp3) is 0.727. The van der Waals surface area contributed by atoms with E-state index in [0.29, 0.717) is 6.42 Å². The number of ketones is 2. The van der Waals surface area contributed by atoms with Crippen molar-refractivity contribution in [2.24, 2.45) is 34.5 Å². The molecule has 0 aliphatic heterocycles. The zero-order valence-electron chi connectivity index (χ0n) is 18.1. The Hall–Kier alpha value is -1.30. The van der Waals surface area contributed by atoms with E-state index in [1.165, 1.54) is 0 Å². The van der Waals surface area contributed by atoms with Gasteiger partial charge >= 0.3 is 0 Å². The number of carbonyl (C=O) groups is 2. The zero-order chi connectivity index (χ0) is 21.6. The van der Waals surface area contributed by atoms with Crippen LogP contribution in [-0.4, -0.2) is 45.2 Å². The second-order valence-electron chi connectivity index (χ2n) is 9.58. The zero-order valence-corrected chi connectivity index (χ0v) is 16.1. The van der Waals surface area contributed by atoms with Crippen LogP contribution in [0.15, 0.2) is 23.8 Å². The summed E-state index contributed by atoms with van der Waals surface area (Å²) >= 11 is 0. The first-order chi connectivity index (χ1) is 13.3. The van der Waals surface area contributed by atoms with Gasteiger partial charge in [-0.2, -0.15) is 0 Å². The Morgan fingerprint density at radius 1 is 1.41 bits per heavy atom. The van der Waals surface area contributed by atoms with E-state index < -0.39 is 34.9 Å². The molecule has 0 saturated heterocycles. The Morgan fingerprint density at radius 2 is 2.11 bits per heavy atom. The van der Waals surface area contributed by atoms with Gasteiger partial charge in [-0.3, -0.25) is 9.59 Å². The molecule has 0 aromatic carbocycles. The molecule has 0 radical (unpaired) electrons. The summed E-state index contributed by atoms with van der Waals surface area (Å²) in [6.45, 7) is 2.76. The van der Waals surface area contributed by atoms with Gasteiger partial charge < -0.3 is 15.3 Å². The summed E-state index contributed by atoms with van der Waals surface area (Å²) in [6.07, 6.45) is 5.84. The third kappa shape index (κ3) is 2.28. The molecule has 0 amide bonds. The van der Waals surface area contributed by atoms with E-state index in [0.717, 1.165) is 12.0 Å². The van der Waals surface area contributed by atoms with Gasteiger partial charge in [-0.05, 0) is 55.6 Å². The Kier molecular flexibility index (Phi) is 3.60. The first-order valence-electron chi connectivity index (χ1n) is 10.9. The van der Waals surface area contributed by atoms with Crippen LogP contribution in [0, 0.1) is 34.5 Å². The molecule has 8 atom stereocenters. The van der Waals surface area contributed by atoms with Gasteiger partial charge in [0.05, 0.1) is 8.85 Å². The van der Waals surface area contributed by atoms with Crippen LogP contribution in [0.5, 0.6) is 0 Å². The fourth-order valence-corrected chi connectivity index (χ4v) is 7.22. The highest BCUT2D eigenvalue weighted by atomic mass is 16.3. The Balaban J connectivity index is 1.77. The van der Waals surface area contributed by atoms with E-state index in [-0.39, 0.29) is 42.3 Å². The predicted molar refractivity (Wildman–Crippen MR) is 99.6 cm³/mol. The van der Waals surface area contributed by atoms with Crippen LogP contribution in [0.2, 0.25) is 0 Å². The van der Waals surface area contributed by atoms with Crippen molar-refractivity contribution >= 4 is 11.6 Å². The highest BCUT2D eigenvalue weighted by molar-refractivity contribution is 6.01. The molecule has 0 aromatic heterocycles. The summed E-state index contributed by atoms with van der Waals surface area (Å²) in [4.78, 5) is 24.7. The van der Waals surface area contributed by atoms with Crippen LogP contribution < -0.4 is 0 Å². The van der Waals surface area contributed by atoms with Crippen LogP contribution >= 0.6 is 0 Å². The number of allylic oxidation sites excluding steroid dienone is 4. The summed E-state index contributed by atoms with van der Waals surface area (Å²) in [5, 5.41) is 32.3. The molecule has 3 fully saturated rings. The normalized spacial score (nSPS) is 52.9. The standard InChI is InChI=1S/C22H30O5/c1-12-8-14-15-5-7-22(27,18(26)11-23)21(15,3)10-17(25)19(14)20(2)6-4-13(24)9-16(12)20/h4,6,9,12,14-15,17,19,23,25,27H,5,7-8,10-11H2,1-3H3/t12-,14?,15?,17-,19?,20?,21?,22-/m0/s1/i11D2. The van der Waals surface area contributed by atoms with Crippen molar-refractivity contribution < 1.29 is 27.7 Å². The van der Waals surface area contributed by atoms with E-state index in [9.17, 15) is 24.9 Å². The number of fused-ring (bicyclic) bond motifs is 5. The van der Waals surface area contributed by atoms with Gasteiger partial charge in [-0.1, -0.05) is 32.4 Å². The number of aliphatic hydroxyl groups excluding tert-OH is 1. The number of Topliss-reactive ketones (excluding diaryl/α,β-unsaturated/α-hetero) is 1. The van der Waals surface area contributed by atoms with Gasteiger partial charge in [-0.15, -0.1) is 0 Å². The van der Waals surface area contributed by atoms with Gasteiger partial charge in [0.15, 0.2) is 11.6 Å². The average Bonchev–Trinajstić information content (AvgIpc) is 2.86. The molecular weight excluding hydrogens is 344 g/mol. The molecule has 148 valence electrons. The van der Waals surface area contributed by atoms with E-state index in [4.69, 9.17) is 2.74 Å². The molecule has 3 N–H and O–H groups in total. The van der Waals surface area contributed by atoms with Crippen molar-refractivity contribution in [2.75, 3.05) is 6.56 Å². The first-order valence-corrected chi connectivity index (χ1v) is 9.89. The molecule has 4 rings (SSSR count). The molecular formula is C22H30O5. The summed E-state index contributed by atoms with van der Waals surface area (Å²) in [6, 6.07) is 0. The second-order valence-corrected chi connectivity index (χ2v) is 9.58. The van der Waals surface area contributed by atoms with Crippen molar-refractivity contribution in [1.29, 1.82) is 0 Å². The topological polar surface area (TPSA) is 94.8 Å². The van der Waals surface area contributed by atoms with Crippen molar-refractivity contribution in [3.05, 3.63) is 23.8 Å². The van der Waals surface area contributed by atoms with E-state index in [1.807, 2.05) is 6.08 Å². The lowest BCUT2D eigenvalue weighted by Gasteiger charge is -2.60. The number of aliphatic hydroxyl groups is 3. The fourth-order valence-electron chi connectivity index (χ4n) is 7.22. The van der Waals surface area contributed by atoms with Gasteiger partial charge in [0.1, 0.15) is 12.2 Å². The molecule has 4 aliphatic rings. The molecule has 0 heterocycles. The highest BCUT2D eigenvalue weighted by Gasteiger charge is 2.68. The number of hydrogen-bond acceptors (Lipinski definition) is 5. The molecule has 5 unspecified atom stereocenters. The van der Waals surface area contributed by atoms with Gasteiger partial charge in [-0.25, -0.2) is 0 Å². The minimum atomic E-state index is -3.12. The Labute approximate surface area is 163 Å². The largest absolute Gasteiger partial charge is 0.393 e. The lowest BCUT2D eigenvalue weighted by molar-refractivity contribution is -0.180. The molecule has 27 heavy (non-hydrogen) atoms. The maximum atomic E-state index is 12.7. The third-order valence-corrected chi connectivity index (χ3v) is 8.45. The predicted octanol–water partition coefficient (Wildman–Crippen LogP) is 1.80. The molecule has 4 aliphatic carbocycles. The van der Waals surface area contributed by atoms with E-state index in [2.05, 4.69) is 13.8 Å². The average molecular weight is 376 g/mol. The number of rotatable bonds is 2. The van der Waals surface area contributed by atoms with Crippen LogP contribution in [0.1, 0.15) is 49.2 Å². The molecule has 5 heteroatoms. The summed E-state index contributed by atoms with van der Waals surface area (Å²) < 4.78 is 14.9. The summed E-state index contributed by atoms with van der Waals surface area (Å²) in [7, 11) is 0. The van der Waals surface area contributed by atoms with Crippen molar-refractivity contribution in [2.45, 2.75) is 58.2 Å². The minimum Gasteiger partial charge on any atom is -0.393 e. The maximum Gasteiger partial charge on any atom is 0.190 e. The van der Waals surface area contributed by atoms with Crippen molar-refractivity contribution in [3.63, 3.8) is 0 Å². The van der Waals surface area contributed by atoms with Crippen molar-refractivity contribution in [3.8, 4) is 0 Å². The molecule has 5 nitrogen and oxygen atoms in total. The van der Waals surface area contributed by atoms with Crippen molar-refractivity contribution in [1.82, 2.24) is 0 Å². The summed E-state index contributed by atoms with van der Waals surface area (Å²) in [5.41, 5.74) is -2.47. The Bertz CT molecular complexity index is 830. The number of hydrogen-bond donors (Lipinski definition) is 3. The lowest BCUT2D eigenvalue weighted by atomic mass is 9.45. The molecule has 3 saturated carbocycles. The van der Waals surface area contributed by atoms with Crippen LogP contribution in [-0.2, 0) is 9.59 Å². The van der Waals surface area contributed by atoms with Gasteiger partial charge in [0.25, 0.3) is 0 Å².